The van der Waals surface area contributed by atoms with Gasteiger partial charge in [0.1, 0.15) is 11.4 Å². The van der Waals surface area contributed by atoms with E-state index in [1.165, 1.54) is 6.20 Å². The van der Waals surface area contributed by atoms with Crippen LogP contribution in [0.1, 0.15) is 25.3 Å². The number of carbonyl (C=O) groups is 1. The van der Waals surface area contributed by atoms with Crippen LogP contribution in [0.15, 0.2) is 59.8 Å². The maximum absolute atomic E-state index is 13.2. The number of alkyl halides is 3. The molecule has 3 heterocycles. The number of aliphatic hydroxyl groups is 1. The average Bonchev–Trinajstić information content (AvgIpc) is 3.19. The van der Waals surface area contributed by atoms with E-state index < -0.39 is 35.5 Å². The predicted octanol–water partition coefficient (Wildman–Crippen LogP) is 4.76. The summed E-state index contributed by atoms with van der Waals surface area (Å²) in [4.78, 5) is 33.9. The van der Waals surface area contributed by atoms with Crippen LogP contribution in [-0.2, 0) is 12.1 Å². The third kappa shape index (κ3) is 4.69. The molecule has 0 aliphatic heterocycles. The van der Waals surface area contributed by atoms with E-state index in [-0.39, 0.29) is 23.1 Å². The molecule has 1 aliphatic rings. The fourth-order valence-electron chi connectivity index (χ4n) is 5.05. The monoisotopic (exact) mass is 530 g/mol. The number of pyridine rings is 1. The van der Waals surface area contributed by atoms with Crippen molar-refractivity contribution in [1.29, 1.82) is 0 Å². The van der Waals surface area contributed by atoms with Crippen molar-refractivity contribution >= 4 is 27.6 Å². The van der Waals surface area contributed by atoms with E-state index in [4.69, 9.17) is 0 Å². The van der Waals surface area contributed by atoms with E-state index in [0.29, 0.717) is 31.8 Å². The van der Waals surface area contributed by atoms with Crippen molar-refractivity contribution in [2.45, 2.75) is 43.6 Å². The number of thiophene rings is 1. The molecular weight excluding hydrogens is 509 g/mol. The van der Waals surface area contributed by atoms with E-state index in [1.54, 1.807) is 49.4 Å². The molecule has 12 heteroatoms. The highest BCUT2D eigenvalue weighted by Crippen LogP contribution is 2.49. The second kappa shape index (κ2) is 8.67. The first-order valence-electron chi connectivity index (χ1n) is 11.2. The van der Waals surface area contributed by atoms with Crippen molar-refractivity contribution in [2.24, 2.45) is 0 Å². The Morgan fingerprint density at radius 3 is 2.43 bits per heavy atom. The number of benzene rings is 1. The average molecular weight is 531 g/mol. The molecule has 37 heavy (non-hydrogen) atoms. The van der Waals surface area contributed by atoms with E-state index in [2.05, 4.69) is 15.3 Å². The molecule has 4 aromatic rings. The van der Waals surface area contributed by atoms with E-state index in [9.17, 15) is 33.0 Å². The van der Waals surface area contributed by atoms with Crippen molar-refractivity contribution in [3.63, 3.8) is 0 Å². The van der Waals surface area contributed by atoms with Gasteiger partial charge < -0.3 is 15.5 Å². The summed E-state index contributed by atoms with van der Waals surface area (Å²) in [6.07, 6.45) is -2.96. The summed E-state index contributed by atoms with van der Waals surface area (Å²) in [5, 5.41) is 22.2. The predicted molar refractivity (Wildman–Crippen MR) is 131 cm³/mol. The van der Waals surface area contributed by atoms with Gasteiger partial charge >= 0.3 is 12.3 Å². The van der Waals surface area contributed by atoms with Gasteiger partial charge in [0.25, 0.3) is 5.56 Å². The van der Waals surface area contributed by atoms with Gasteiger partial charge in [-0.3, -0.25) is 14.3 Å². The van der Waals surface area contributed by atoms with E-state index >= 15 is 0 Å². The Bertz CT molecular complexity index is 1540. The van der Waals surface area contributed by atoms with Crippen LogP contribution in [0.2, 0.25) is 0 Å². The summed E-state index contributed by atoms with van der Waals surface area (Å²) in [5.41, 5.74) is -0.640. The van der Waals surface area contributed by atoms with Crippen LogP contribution in [0.3, 0.4) is 0 Å². The lowest BCUT2D eigenvalue weighted by Gasteiger charge is -2.51. The molecule has 1 aromatic carbocycles. The van der Waals surface area contributed by atoms with E-state index in [1.807, 2.05) is 0 Å². The molecule has 3 N–H and O–H groups in total. The van der Waals surface area contributed by atoms with Crippen LogP contribution < -0.4 is 10.9 Å². The van der Waals surface area contributed by atoms with Gasteiger partial charge in [-0.1, -0.05) is 30.3 Å². The molecular formula is C25H21F3N4O4S. The van der Waals surface area contributed by atoms with Gasteiger partial charge in [0.15, 0.2) is 0 Å². The Kier molecular flexibility index (Phi) is 5.83. The first-order valence-corrected chi connectivity index (χ1v) is 12.0. The minimum absolute atomic E-state index is 0.0496. The number of carboxylic acid groups (broad SMARTS) is 1. The number of aromatic nitrogens is 3. The van der Waals surface area contributed by atoms with Gasteiger partial charge in [0.05, 0.1) is 28.5 Å². The van der Waals surface area contributed by atoms with Gasteiger partial charge in [-0.15, -0.1) is 11.3 Å². The summed E-state index contributed by atoms with van der Waals surface area (Å²) >= 11 is 1.16. The van der Waals surface area contributed by atoms with Gasteiger partial charge in [0, 0.05) is 29.5 Å². The number of halogens is 3. The molecule has 1 saturated carbocycles. The number of hydrogen-bond acceptors (Lipinski definition) is 6. The van der Waals surface area contributed by atoms with Gasteiger partial charge in [-0.05, 0) is 30.2 Å². The second-order valence-corrected chi connectivity index (χ2v) is 10.4. The first-order chi connectivity index (χ1) is 17.4. The number of fused-ring (bicyclic) bond motifs is 1. The lowest BCUT2D eigenvalue weighted by atomic mass is 9.62. The van der Waals surface area contributed by atoms with Gasteiger partial charge in [0.2, 0.25) is 0 Å². The van der Waals surface area contributed by atoms with Crippen molar-refractivity contribution in [3.8, 4) is 21.7 Å². The third-order valence-electron chi connectivity index (χ3n) is 6.36. The topological polar surface area (TPSA) is 117 Å². The summed E-state index contributed by atoms with van der Waals surface area (Å²) in [6.45, 7) is 0.177. The molecule has 3 aromatic heterocycles. The first kappa shape index (κ1) is 24.9. The van der Waals surface area contributed by atoms with Crippen LogP contribution in [-0.4, -0.2) is 42.6 Å². The molecule has 0 atom stereocenters. The molecule has 0 saturated heterocycles. The smallest absolute Gasteiger partial charge is 0.406 e. The third-order valence-corrected chi connectivity index (χ3v) is 7.51. The Morgan fingerprint density at radius 2 is 1.86 bits per heavy atom. The highest BCUT2D eigenvalue weighted by Gasteiger charge is 2.53. The molecule has 0 radical (unpaired) electrons. The molecule has 1 fully saturated rings. The number of amides is 1. The fraction of sp³-hybridized carbons (Fsp3) is 0.280. The standard InChI is InChI=1S/C25H21F3N4O4S/c1-23(36)10-24(11-23,31-22(34)35)15-7-5-14(6-8-15)19-17(16-4-2-3-9-29-16)18-20(37-19)30-13-32(21(18)33)12-25(26,27)28/h2-9,13,31,36H,10-12H2,1H3,(H,34,35)/t23-,24+. The van der Waals surface area contributed by atoms with Crippen molar-refractivity contribution in [2.75, 3.05) is 0 Å². The van der Waals surface area contributed by atoms with Crippen molar-refractivity contribution in [1.82, 2.24) is 19.9 Å². The molecule has 0 spiro atoms. The van der Waals surface area contributed by atoms with Gasteiger partial charge in [-0.25, -0.2) is 9.78 Å². The minimum atomic E-state index is -4.59. The Labute approximate surface area is 212 Å². The molecule has 0 bridgehead atoms. The highest BCUT2D eigenvalue weighted by atomic mass is 32.1. The number of rotatable bonds is 5. The lowest BCUT2D eigenvalue weighted by Crippen LogP contribution is -2.61. The number of nitrogens with zero attached hydrogens (tertiary/aromatic N) is 3. The van der Waals surface area contributed by atoms with Gasteiger partial charge in [-0.2, -0.15) is 13.2 Å². The minimum Gasteiger partial charge on any atom is -0.465 e. The molecule has 1 aliphatic carbocycles. The zero-order valence-electron chi connectivity index (χ0n) is 19.4. The summed E-state index contributed by atoms with van der Waals surface area (Å²) in [7, 11) is 0. The SMILES string of the molecule is C[C@]1(O)C[C@](NC(=O)O)(c2ccc(-c3sc4ncn(CC(F)(F)F)c(=O)c4c3-c3ccccn3)cc2)C1. The fourth-order valence-corrected chi connectivity index (χ4v) is 6.20. The highest BCUT2D eigenvalue weighted by molar-refractivity contribution is 7.22. The Morgan fingerprint density at radius 1 is 1.16 bits per heavy atom. The normalized spacial score (nSPS) is 21.5. The maximum Gasteiger partial charge on any atom is 0.406 e. The van der Waals surface area contributed by atoms with Crippen molar-refractivity contribution in [3.05, 3.63) is 70.9 Å². The lowest BCUT2D eigenvalue weighted by molar-refractivity contribution is -0.141. The molecule has 8 nitrogen and oxygen atoms in total. The molecule has 192 valence electrons. The Balaban J connectivity index is 1.64. The maximum atomic E-state index is 13.2. The summed E-state index contributed by atoms with van der Waals surface area (Å²) in [5.74, 6) is 0. The van der Waals surface area contributed by atoms with E-state index in [0.717, 1.165) is 17.7 Å². The zero-order chi connectivity index (χ0) is 26.6. The Hall–Kier alpha value is -3.77. The summed E-state index contributed by atoms with van der Waals surface area (Å²) < 4.78 is 39.7. The number of nitrogens with one attached hydrogen (secondary N) is 1. The van der Waals surface area contributed by atoms with Crippen LogP contribution in [0.4, 0.5) is 18.0 Å². The number of hydrogen-bond donors (Lipinski definition) is 3. The molecule has 0 unspecified atom stereocenters. The largest absolute Gasteiger partial charge is 0.465 e. The molecule has 1 amide bonds. The van der Waals surface area contributed by atoms with Crippen LogP contribution in [0.5, 0.6) is 0 Å². The second-order valence-electron chi connectivity index (χ2n) is 9.43. The quantitative estimate of drug-likeness (QED) is 0.343. The zero-order valence-corrected chi connectivity index (χ0v) is 20.2. The van der Waals surface area contributed by atoms with Crippen LogP contribution in [0.25, 0.3) is 31.9 Å². The summed E-state index contributed by atoms with van der Waals surface area (Å²) in [6, 6.07) is 12.0. The van der Waals surface area contributed by atoms with Crippen LogP contribution in [0, 0.1) is 0 Å². The molecule has 5 rings (SSSR count). The van der Waals surface area contributed by atoms with Crippen LogP contribution >= 0.6 is 11.3 Å². The van der Waals surface area contributed by atoms with Crippen molar-refractivity contribution < 1.29 is 28.2 Å².